The van der Waals surface area contributed by atoms with Crippen LogP contribution in [0, 0.1) is 0 Å². The summed E-state index contributed by atoms with van der Waals surface area (Å²) in [6.07, 6.45) is 0. The van der Waals surface area contributed by atoms with Crippen LogP contribution in [0.1, 0.15) is 15.9 Å². The predicted octanol–water partition coefficient (Wildman–Crippen LogP) is 3.06. The third-order valence-electron chi connectivity index (χ3n) is 4.11. The largest absolute Gasteiger partial charge is 0.411 e. The molecular formula is C20H17N3O3. The van der Waals surface area contributed by atoms with Gasteiger partial charge in [0.1, 0.15) is 17.5 Å². The van der Waals surface area contributed by atoms with Crippen LogP contribution in [0.4, 0.5) is 0 Å². The maximum Gasteiger partial charge on any atom is 0.185 e. The number of oxime groups is 2. The lowest BCUT2D eigenvalue weighted by atomic mass is 9.94. The van der Waals surface area contributed by atoms with E-state index in [0.717, 1.165) is 10.8 Å². The van der Waals surface area contributed by atoms with Gasteiger partial charge in [0.2, 0.25) is 0 Å². The molecule has 0 saturated heterocycles. The topological polar surface area (TPSA) is 108 Å². The van der Waals surface area contributed by atoms with Gasteiger partial charge in [-0.2, -0.15) is 0 Å². The molecule has 0 radical (unpaired) electrons. The molecule has 3 aromatic carbocycles. The van der Waals surface area contributed by atoms with Gasteiger partial charge in [-0.1, -0.05) is 77.0 Å². The highest BCUT2D eigenvalue weighted by molar-refractivity contribution is 6.53. The summed E-state index contributed by atoms with van der Waals surface area (Å²) in [4.78, 5) is 12.8. The second kappa shape index (κ2) is 7.58. The standard InChI is InChI=1S/C20H17N3O3/c21-17(19(23-26)18(22-25)14-7-2-1-3-8-14)20(24)16-11-10-13-6-4-5-9-15(13)12-16/h1-12,17,25-26H,21H2/b22-18+,23-19-. The van der Waals surface area contributed by atoms with Gasteiger partial charge in [0, 0.05) is 11.1 Å². The molecule has 0 saturated carbocycles. The van der Waals surface area contributed by atoms with Gasteiger partial charge < -0.3 is 16.1 Å². The zero-order valence-electron chi connectivity index (χ0n) is 13.8. The highest BCUT2D eigenvalue weighted by atomic mass is 16.4. The van der Waals surface area contributed by atoms with E-state index < -0.39 is 11.8 Å². The van der Waals surface area contributed by atoms with Crippen molar-refractivity contribution in [1.82, 2.24) is 0 Å². The number of benzene rings is 3. The summed E-state index contributed by atoms with van der Waals surface area (Å²) in [6.45, 7) is 0. The first kappa shape index (κ1) is 17.3. The van der Waals surface area contributed by atoms with Crippen molar-refractivity contribution in [2.45, 2.75) is 6.04 Å². The minimum absolute atomic E-state index is 0.0604. The van der Waals surface area contributed by atoms with Crippen LogP contribution in [0.5, 0.6) is 0 Å². The molecule has 0 aliphatic carbocycles. The molecule has 6 heteroatoms. The Morgan fingerprint density at radius 2 is 1.46 bits per heavy atom. The number of rotatable bonds is 5. The van der Waals surface area contributed by atoms with Crippen molar-refractivity contribution in [1.29, 1.82) is 0 Å². The number of carbonyl (C=O) groups excluding carboxylic acids is 1. The van der Waals surface area contributed by atoms with Gasteiger partial charge in [-0.25, -0.2) is 0 Å². The molecule has 6 nitrogen and oxygen atoms in total. The van der Waals surface area contributed by atoms with E-state index in [-0.39, 0.29) is 11.4 Å². The van der Waals surface area contributed by atoms with E-state index in [1.165, 1.54) is 0 Å². The Morgan fingerprint density at radius 1 is 0.808 bits per heavy atom. The van der Waals surface area contributed by atoms with Crippen LogP contribution in [0.2, 0.25) is 0 Å². The average molecular weight is 347 g/mol. The van der Waals surface area contributed by atoms with E-state index in [1.807, 2.05) is 30.3 Å². The third-order valence-corrected chi connectivity index (χ3v) is 4.11. The molecule has 3 rings (SSSR count). The van der Waals surface area contributed by atoms with Crippen LogP contribution in [0.25, 0.3) is 10.8 Å². The van der Waals surface area contributed by atoms with Crippen molar-refractivity contribution in [3.63, 3.8) is 0 Å². The van der Waals surface area contributed by atoms with E-state index in [1.54, 1.807) is 42.5 Å². The van der Waals surface area contributed by atoms with Gasteiger partial charge >= 0.3 is 0 Å². The van der Waals surface area contributed by atoms with Crippen molar-refractivity contribution in [3.8, 4) is 0 Å². The molecular weight excluding hydrogens is 330 g/mol. The number of hydrogen-bond acceptors (Lipinski definition) is 6. The Labute approximate surface area is 149 Å². The van der Waals surface area contributed by atoms with Crippen molar-refractivity contribution in [3.05, 3.63) is 83.9 Å². The monoisotopic (exact) mass is 347 g/mol. The van der Waals surface area contributed by atoms with Crippen molar-refractivity contribution in [2.24, 2.45) is 16.0 Å². The first-order chi connectivity index (χ1) is 12.7. The van der Waals surface area contributed by atoms with Gasteiger partial charge in [0.25, 0.3) is 0 Å². The van der Waals surface area contributed by atoms with Crippen LogP contribution in [-0.2, 0) is 0 Å². The minimum Gasteiger partial charge on any atom is -0.411 e. The first-order valence-corrected chi connectivity index (χ1v) is 7.94. The van der Waals surface area contributed by atoms with Gasteiger partial charge in [-0.15, -0.1) is 0 Å². The normalized spacial score (nSPS) is 13.6. The fourth-order valence-corrected chi connectivity index (χ4v) is 2.76. The molecule has 1 atom stereocenters. The summed E-state index contributed by atoms with van der Waals surface area (Å²) in [6, 6.07) is 20.1. The second-order valence-corrected chi connectivity index (χ2v) is 5.70. The summed E-state index contributed by atoms with van der Waals surface area (Å²) < 4.78 is 0. The van der Waals surface area contributed by atoms with Crippen molar-refractivity contribution in [2.75, 3.05) is 0 Å². The molecule has 0 heterocycles. The number of carbonyl (C=O) groups is 1. The van der Waals surface area contributed by atoms with Gasteiger partial charge in [-0.05, 0) is 16.8 Å². The molecule has 0 aliphatic rings. The molecule has 0 bridgehead atoms. The molecule has 0 fully saturated rings. The van der Waals surface area contributed by atoms with Crippen LogP contribution < -0.4 is 5.73 Å². The van der Waals surface area contributed by atoms with Crippen molar-refractivity contribution < 1.29 is 15.2 Å². The number of nitrogens with two attached hydrogens (primary N) is 1. The lowest BCUT2D eigenvalue weighted by Crippen LogP contribution is -2.43. The number of Topliss-reactive ketones (excluding diaryl/α,β-unsaturated/α-hetero) is 1. The number of hydrogen-bond donors (Lipinski definition) is 3. The fourth-order valence-electron chi connectivity index (χ4n) is 2.76. The molecule has 3 aromatic rings. The maximum atomic E-state index is 12.8. The maximum absolute atomic E-state index is 12.8. The van der Waals surface area contributed by atoms with Gasteiger partial charge in [-0.3, -0.25) is 4.79 Å². The molecule has 0 aromatic heterocycles. The summed E-state index contributed by atoms with van der Waals surface area (Å²) in [5, 5.41) is 26.9. The summed E-state index contributed by atoms with van der Waals surface area (Å²) in [5.41, 5.74) is 6.61. The number of nitrogens with zero attached hydrogens (tertiary/aromatic N) is 2. The smallest absolute Gasteiger partial charge is 0.185 e. The number of fused-ring (bicyclic) bond motifs is 1. The zero-order valence-corrected chi connectivity index (χ0v) is 13.8. The highest BCUT2D eigenvalue weighted by Gasteiger charge is 2.27. The van der Waals surface area contributed by atoms with Crippen LogP contribution in [0.15, 0.2) is 83.1 Å². The molecule has 0 spiro atoms. The Morgan fingerprint density at radius 3 is 2.12 bits per heavy atom. The highest BCUT2D eigenvalue weighted by Crippen LogP contribution is 2.17. The Hall–Kier alpha value is -3.51. The van der Waals surface area contributed by atoms with Crippen molar-refractivity contribution >= 4 is 28.0 Å². The fraction of sp³-hybridized carbons (Fsp3) is 0.0500. The van der Waals surface area contributed by atoms with Crippen LogP contribution in [-0.4, -0.2) is 33.7 Å². The van der Waals surface area contributed by atoms with Crippen LogP contribution in [0.3, 0.4) is 0 Å². The Balaban J connectivity index is 1.94. The Kier molecular flexibility index (Phi) is 5.05. The zero-order chi connectivity index (χ0) is 18.5. The van der Waals surface area contributed by atoms with E-state index in [9.17, 15) is 15.2 Å². The molecule has 0 aliphatic heterocycles. The first-order valence-electron chi connectivity index (χ1n) is 7.94. The lowest BCUT2D eigenvalue weighted by Gasteiger charge is -2.14. The van der Waals surface area contributed by atoms with Gasteiger partial charge in [0.05, 0.1) is 0 Å². The molecule has 0 amide bonds. The SMILES string of the molecule is NC(C(=O)c1ccc2ccccc2c1)C(=N/O)/C(=N/O)c1ccccc1. The second-order valence-electron chi connectivity index (χ2n) is 5.70. The van der Waals surface area contributed by atoms with E-state index in [2.05, 4.69) is 10.3 Å². The molecule has 4 N–H and O–H groups in total. The van der Waals surface area contributed by atoms with E-state index in [4.69, 9.17) is 5.73 Å². The number of ketones is 1. The van der Waals surface area contributed by atoms with E-state index in [0.29, 0.717) is 11.1 Å². The summed E-state index contributed by atoms with van der Waals surface area (Å²) >= 11 is 0. The minimum atomic E-state index is -1.28. The lowest BCUT2D eigenvalue weighted by molar-refractivity contribution is 0.0983. The third kappa shape index (κ3) is 3.31. The average Bonchev–Trinajstić information content (AvgIpc) is 2.71. The predicted molar refractivity (Wildman–Crippen MR) is 100 cm³/mol. The summed E-state index contributed by atoms with van der Waals surface area (Å²) in [7, 11) is 0. The van der Waals surface area contributed by atoms with Gasteiger partial charge in [0.15, 0.2) is 5.78 Å². The Bertz CT molecular complexity index is 997. The van der Waals surface area contributed by atoms with E-state index >= 15 is 0 Å². The summed E-state index contributed by atoms with van der Waals surface area (Å²) in [5.74, 6) is -0.444. The molecule has 130 valence electrons. The quantitative estimate of drug-likeness (QED) is 0.285. The molecule has 26 heavy (non-hydrogen) atoms. The van der Waals surface area contributed by atoms with Crippen LogP contribution >= 0.6 is 0 Å². The molecule has 1 unspecified atom stereocenters.